The van der Waals surface area contributed by atoms with Crippen LogP contribution in [-0.2, 0) is 16.3 Å². The number of anilines is 1. The van der Waals surface area contributed by atoms with Crippen molar-refractivity contribution in [2.45, 2.75) is 11.3 Å². The van der Waals surface area contributed by atoms with Crippen molar-refractivity contribution in [3.05, 3.63) is 100 Å². The van der Waals surface area contributed by atoms with Gasteiger partial charge in [0.15, 0.2) is 15.0 Å². The van der Waals surface area contributed by atoms with Crippen molar-refractivity contribution < 1.29 is 13.2 Å². The van der Waals surface area contributed by atoms with Gasteiger partial charge in [-0.1, -0.05) is 72.3 Å². The summed E-state index contributed by atoms with van der Waals surface area (Å²) in [6.45, 7) is 0.390. The number of carbonyl (C=O) groups is 1. The molecule has 1 amide bonds. The fraction of sp³-hybridized carbons (Fsp3) is 0.120. The average molecular weight is 497 g/mol. The Balaban J connectivity index is 1.70. The molecule has 4 aromatic rings. The fourth-order valence-corrected chi connectivity index (χ4v) is 5.54. The average Bonchev–Trinajstić information content (AvgIpc) is 3.30. The summed E-state index contributed by atoms with van der Waals surface area (Å²) in [6.07, 6.45) is 1.70. The number of aromatic nitrogens is 1. The molecule has 0 bridgehead atoms. The maximum Gasteiger partial charge on any atom is 0.260 e. The first-order chi connectivity index (χ1) is 15.8. The number of halogens is 1. The molecular weight excluding hydrogens is 476 g/mol. The number of nitrogens with zero attached hydrogens (tertiary/aromatic N) is 2. The standard InChI is InChI=1S/C25H21ClN2O3S2/c1-33(30,31)23-16-20(12-13-21(23)26)24(29)28(15-14-18-8-4-2-5-9-18)25-27-22(17-32-25)19-10-6-3-7-11-19/h2-13,16-17H,14-15H2,1H3. The Morgan fingerprint density at radius 3 is 2.33 bits per heavy atom. The third-order valence-corrected chi connectivity index (χ3v) is 7.52. The van der Waals surface area contributed by atoms with E-state index >= 15 is 0 Å². The van der Waals surface area contributed by atoms with E-state index < -0.39 is 9.84 Å². The number of sulfone groups is 1. The van der Waals surface area contributed by atoms with Crippen LogP contribution in [0.2, 0.25) is 5.02 Å². The molecule has 1 aromatic heterocycles. The van der Waals surface area contributed by atoms with Crippen LogP contribution in [0.4, 0.5) is 5.13 Å². The first kappa shape index (κ1) is 23.2. The Kier molecular flexibility index (Phi) is 6.93. The molecule has 0 fully saturated rings. The number of amides is 1. The predicted octanol–water partition coefficient (Wildman–Crippen LogP) is 5.76. The number of thiazole rings is 1. The normalized spacial score (nSPS) is 11.3. The van der Waals surface area contributed by atoms with Gasteiger partial charge >= 0.3 is 0 Å². The first-order valence-electron chi connectivity index (χ1n) is 10.2. The number of hydrogen-bond acceptors (Lipinski definition) is 5. The second-order valence-corrected chi connectivity index (χ2v) is 10.7. The summed E-state index contributed by atoms with van der Waals surface area (Å²) in [5, 5.41) is 2.55. The van der Waals surface area contributed by atoms with E-state index in [1.54, 1.807) is 11.0 Å². The topological polar surface area (TPSA) is 67.3 Å². The van der Waals surface area contributed by atoms with Gasteiger partial charge in [0, 0.05) is 29.3 Å². The molecule has 1 heterocycles. The summed E-state index contributed by atoms with van der Waals surface area (Å²) in [5.74, 6) is -0.332. The predicted molar refractivity (Wildman–Crippen MR) is 134 cm³/mol. The first-order valence-corrected chi connectivity index (χ1v) is 13.3. The Bertz CT molecular complexity index is 1370. The SMILES string of the molecule is CS(=O)(=O)c1cc(C(=O)N(CCc2ccccc2)c2nc(-c3ccccc3)cs2)ccc1Cl. The second-order valence-electron chi connectivity index (χ2n) is 7.49. The Hall–Kier alpha value is -3.00. The highest BCUT2D eigenvalue weighted by molar-refractivity contribution is 7.90. The molecule has 8 heteroatoms. The van der Waals surface area contributed by atoms with Crippen molar-refractivity contribution in [2.75, 3.05) is 17.7 Å². The molecule has 0 unspecified atom stereocenters. The number of hydrogen-bond donors (Lipinski definition) is 0. The lowest BCUT2D eigenvalue weighted by molar-refractivity contribution is 0.0987. The van der Waals surface area contributed by atoms with Crippen LogP contribution in [0.3, 0.4) is 0 Å². The third kappa shape index (κ3) is 5.50. The van der Waals surface area contributed by atoms with Gasteiger partial charge in [0.25, 0.3) is 5.91 Å². The summed E-state index contributed by atoms with van der Waals surface area (Å²) < 4.78 is 24.2. The lowest BCUT2D eigenvalue weighted by Gasteiger charge is -2.20. The zero-order valence-electron chi connectivity index (χ0n) is 17.8. The number of benzene rings is 3. The minimum atomic E-state index is -3.58. The Labute approximate surface area is 202 Å². The molecule has 0 aliphatic carbocycles. The van der Waals surface area contributed by atoms with Gasteiger partial charge in [0.1, 0.15) is 0 Å². The lowest BCUT2D eigenvalue weighted by Crippen LogP contribution is -2.33. The van der Waals surface area contributed by atoms with Crippen LogP contribution in [0.15, 0.2) is 89.1 Å². The van der Waals surface area contributed by atoms with E-state index in [2.05, 4.69) is 0 Å². The molecule has 0 N–H and O–H groups in total. The summed E-state index contributed by atoms with van der Waals surface area (Å²) >= 11 is 7.45. The van der Waals surface area contributed by atoms with Crippen LogP contribution in [0, 0.1) is 0 Å². The molecular formula is C25H21ClN2O3S2. The molecule has 0 saturated carbocycles. The van der Waals surface area contributed by atoms with Gasteiger partial charge in [-0.05, 0) is 30.2 Å². The maximum atomic E-state index is 13.6. The highest BCUT2D eigenvalue weighted by atomic mass is 35.5. The van der Waals surface area contributed by atoms with Crippen LogP contribution < -0.4 is 4.90 Å². The quantitative estimate of drug-likeness (QED) is 0.326. The maximum absolute atomic E-state index is 13.6. The van der Waals surface area contributed by atoms with E-state index in [9.17, 15) is 13.2 Å². The van der Waals surface area contributed by atoms with Crippen molar-refractivity contribution in [3.8, 4) is 11.3 Å². The molecule has 5 nitrogen and oxygen atoms in total. The van der Waals surface area contributed by atoms with Crippen LogP contribution in [0.1, 0.15) is 15.9 Å². The zero-order valence-corrected chi connectivity index (χ0v) is 20.2. The van der Waals surface area contributed by atoms with Gasteiger partial charge in [-0.3, -0.25) is 9.69 Å². The third-order valence-electron chi connectivity index (χ3n) is 5.08. The van der Waals surface area contributed by atoms with Crippen molar-refractivity contribution in [1.82, 2.24) is 4.98 Å². The molecule has 0 saturated heterocycles. The van der Waals surface area contributed by atoms with Crippen molar-refractivity contribution in [3.63, 3.8) is 0 Å². The molecule has 4 rings (SSSR count). The molecule has 33 heavy (non-hydrogen) atoms. The largest absolute Gasteiger partial charge is 0.284 e. The van der Waals surface area contributed by atoms with Gasteiger partial charge in [-0.25, -0.2) is 13.4 Å². The molecule has 168 valence electrons. The van der Waals surface area contributed by atoms with E-state index in [0.29, 0.717) is 18.1 Å². The lowest BCUT2D eigenvalue weighted by atomic mass is 10.1. The van der Waals surface area contributed by atoms with E-state index in [1.165, 1.54) is 23.5 Å². The minimum Gasteiger partial charge on any atom is -0.284 e. The van der Waals surface area contributed by atoms with Gasteiger partial charge in [-0.15, -0.1) is 11.3 Å². The monoisotopic (exact) mass is 496 g/mol. The van der Waals surface area contributed by atoms with E-state index in [4.69, 9.17) is 16.6 Å². The zero-order chi connectivity index (χ0) is 23.4. The summed E-state index contributed by atoms with van der Waals surface area (Å²) in [5.41, 5.74) is 3.06. The molecule has 0 spiro atoms. The fourth-order valence-electron chi connectivity index (χ4n) is 3.38. The van der Waals surface area contributed by atoms with E-state index in [0.717, 1.165) is 23.1 Å². The van der Waals surface area contributed by atoms with Gasteiger partial charge in [-0.2, -0.15) is 0 Å². The van der Waals surface area contributed by atoms with Gasteiger partial charge in [0.05, 0.1) is 15.6 Å². The molecule has 0 aliphatic heterocycles. The van der Waals surface area contributed by atoms with Crippen molar-refractivity contribution >= 4 is 43.8 Å². The Morgan fingerprint density at radius 1 is 1.00 bits per heavy atom. The van der Waals surface area contributed by atoms with Crippen molar-refractivity contribution in [1.29, 1.82) is 0 Å². The van der Waals surface area contributed by atoms with Crippen LogP contribution in [0.25, 0.3) is 11.3 Å². The Morgan fingerprint density at radius 2 is 1.67 bits per heavy atom. The minimum absolute atomic E-state index is 0.0675. The van der Waals surface area contributed by atoms with E-state index in [1.807, 2.05) is 66.0 Å². The van der Waals surface area contributed by atoms with Crippen LogP contribution >= 0.6 is 22.9 Å². The van der Waals surface area contributed by atoms with Gasteiger partial charge in [0.2, 0.25) is 0 Å². The molecule has 3 aromatic carbocycles. The highest BCUT2D eigenvalue weighted by Crippen LogP contribution is 2.30. The van der Waals surface area contributed by atoms with E-state index in [-0.39, 0.29) is 21.4 Å². The summed E-state index contributed by atoms with van der Waals surface area (Å²) in [6, 6.07) is 23.9. The van der Waals surface area contributed by atoms with Crippen LogP contribution in [-0.4, -0.2) is 32.1 Å². The second kappa shape index (κ2) is 9.87. The van der Waals surface area contributed by atoms with Crippen LogP contribution in [0.5, 0.6) is 0 Å². The highest BCUT2D eigenvalue weighted by Gasteiger charge is 2.23. The summed E-state index contributed by atoms with van der Waals surface area (Å²) in [4.78, 5) is 19.8. The number of rotatable bonds is 7. The van der Waals surface area contributed by atoms with Crippen molar-refractivity contribution in [2.24, 2.45) is 0 Å². The number of carbonyl (C=O) groups excluding carboxylic acids is 1. The summed E-state index contributed by atoms with van der Waals surface area (Å²) in [7, 11) is -3.58. The molecule has 0 radical (unpaired) electrons. The molecule has 0 atom stereocenters. The van der Waals surface area contributed by atoms with Gasteiger partial charge < -0.3 is 0 Å². The smallest absolute Gasteiger partial charge is 0.260 e. The molecule has 0 aliphatic rings.